The van der Waals surface area contributed by atoms with Gasteiger partial charge in [0.25, 0.3) is 0 Å². The van der Waals surface area contributed by atoms with E-state index in [9.17, 15) is 15.3 Å². The molecule has 0 amide bonds. The van der Waals surface area contributed by atoms with Gasteiger partial charge in [0, 0.05) is 5.56 Å². The smallest absolute Gasteiger partial charge is 0.201 e. The molecule has 0 saturated carbocycles. The lowest BCUT2D eigenvalue weighted by Crippen LogP contribution is -1.88. The number of rotatable bonds is 1. The van der Waals surface area contributed by atoms with Crippen LogP contribution in [0.3, 0.4) is 0 Å². The van der Waals surface area contributed by atoms with E-state index in [0.29, 0.717) is 11.1 Å². The molecule has 0 aliphatic carbocycles. The second-order valence-corrected chi connectivity index (χ2v) is 4.61. The van der Waals surface area contributed by atoms with Crippen molar-refractivity contribution in [2.75, 3.05) is 0 Å². The second kappa shape index (κ2) is 4.26. The first-order chi connectivity index (χ1) is 8.41. The van der Waals surface area contributed by atoms with Gasteiger partial charge in [-0.3, -0.25) is 0 Å². The molecule has 0 heterocycles. The van der Waals surface area contributed by atoms with Crippen molar-refractivity contribution in [3.8, 4) is 28.4 Å². The summed E-state index contributed by atoms with van der Waals surface area (Å²) >= 11 is 0. The Hall–Kier alpha value is -2.16. The van der Waals surface area contributed by atoms with E-state index in [2.05, 4.69) is 0 Å². The Kier molecular flexibility index (Phi) is 2.91. The van der Waals surface area contributed by atoms with E-state index >= 15 is 0 Å². The van der Waals surface area contributed by atoms with Crippen molar-refractivity contribution in [2.45, 2.75) is 20.8 Å². The highest BCUT2D eigenvalue weighted by molar-refractivity contribution is 5.78. The zero-order valence-electron chi connectivity index (χ0n) is 10.7. The molecule has 18 heavy (non-hydrogen) atoms. The number of hydrogen-bond acceptors (Lipinski definition) is 3. The first kappa shape index (κ1) is 12.3. The average molecular weight is 244 g/mol. The molecular weight excluding hydrogens is 228 g/mol. The molecule has 0 aliphatic heterocycles. The number of aryl methyl sites for hydroxylation is 3. The normalized spacial score (nSPS) is 10.6. The largest absolute Gasteiger partial charge is 0.504 e. The summed E-state index contributed by atoms with van der Waals surface area (Å²) in [6, 6.07) is 7.52. The van der Waals surface area contributed by atoms with E-state index in [1.807, 2.05) is 32.0 Å². The van der Waals surface area contributed by atoms with Gasteiger partial charge >= 0.3 is 0 Å². The predicted molar refractivity (Wildman–Crippen MR) is 71.1 cm³/mol. The molecule has 2 rings (SSSR count). The van der Waals surface area contributed by atoms with Crippen molar-refractivity contribution in [3.05, 3.63) is 41.0 Å². The first-order valence-electron chi connectivity index (χ1n) is 5.74. The Balaban J connectivity index is 2.72. The fourth-order valence-electron chi connectivity index (χ4n) is 2.10. The molecular formula is C15H16O3. The van der Waals surface area contributed by atoms with E-state index in [0.717, 1.165) is 16.7 Å². The molecule has 0 saturated heterocycles. The van der Waals surface area contributed by atoms with E-state index < -0.39 is 5.75 Å². The third kappa shape index (κ3) is 1.88. The van der Waals surface area contributed by atoms with Crippen molar-refractivity contribution in [1.29, 1.82) is 0 Å². The minimum Gasteiger partial charge on any atom is -0.504 e. The maximum atomic E-state index is 9.94. The summed E-state index contributed by atoms with van der Waals surface area (Å²) in [6.45, 7) is 5.62. The fourth-order valence-corrected chi connectivity index (χ4v) is 2.10. The van der Waals surface area contributed by atoms with Gasteiger partial charge in [-0.05, 0) is 43.5 Å². The molecule has 0 fully saturated rings. The van der Waals surface area contributed by atoms with Gasteiger partial charge in [0.2, 0.25) is 5.75 Å². The maximum Gasteiger partial charge on any atom is 0.201 e. The van der Waals surface area contributed by atoms with Gasteiger partial charge in [-0.15, -0.1) is 0 Å². The molecule has 0 spiro atoms. The summed E-state index contributed by atoms with van der Waals surface area (Å²) in [5.74, 6) is -1.03. The van der Waals surface area contributed by atoms with E-state index in [1.165, 1.54) is 0 Å². The third-order valence-corrected chi connectivity index (χ3v) is 3.11. The summed E-state index contributed by atoms with van der Waals surface area (Å²) in [5, 5.41) is 29.2. The number of phenolic OH excluding ortho intramolecular Hbond substituents is 3. The summed E-state index contributed by atoms with van der Waals surface area (Å²) in [6.07, 6.45) is 0. The van der Waals surface area contributed by atoms with Crippen LogP contribution < -0.4 is 0 Å². The molecule has 0 atom stereocenters. The molecule has 0 aromatic heterocycles. The Morgan fingerprint density at radius 1 is 0.667 bits per heavy atom. The van der Waals surface area contributed by atoms with Crippen LogP contribution in [0.5, 0.6) is 17.2 Å². The van der Waals surface area contributed by atoms with Gasteiger partial charge in [-0.25, -0.2) is 0 Å². The highest BCUT2D eigenvalue weighted by Crippen LogP contribution is 2.45. The fraction of sp³-hybridized carbons (Fsp3) is 0.200. The Bertz CT molecular complexity index is 616. The third-order valence-electron chi connectivity index (χ3n) is 3.11. The Labute approximate surface area is 106 Å². The van der Waals surface area contributed by atoms with Crippen LogP contribution in [0.2, 0.25) is 0 Å². The number of hydrogen-bond donors (Lipinski definition) is 3. The molecule has 0 aliphatic rings. The van der Waals surface area contributed by atoms with E-state index in [4.69, 9.17) is 0 Å². The zero-order chi connectivity index (χ0) is 13.4. The monoisotopic (exact) mass is 244 g/mol. The minimum absolute atomic E-state index is 0.277. The van der Waals surface area contributed by atoms with Gasteiger partial charge < -0.3 is 15.3 Å². The standard InChI is InChI=1S/C15H16O3/c1-8-4-5-11(9(2)6-8)12-7-10(3)13(16)15(18)14(12)17/h4-7,16-18H,1-3H3. The molecule has 94 valence electrons. The van der Waals surface area contributed by atoms with E-state index in [-0.39, 0.29) is 11.5 Å². The van der Waals surface area contributed by atoms with Crippen molar-refractivity contribution >= 4 is 0 Å². The van der Waals surface area contributed by atoms with Crippen LogP contribution in [-0.2, 0) is 0 Å². The average Bonchev–Trinajstić information content (AvgIpc) is 2.32. The SMILES string of the molecule is Cc1ccc(-c2cc(C)c(O)c(O)c2O)c(C)c1. The number of aromatic hydroxyl groups is 3. The maximum absolute atomic E-state index is 9.94. The van der Waals surface area contributed by atoms with Crippen LogP contribution in [-0.4, -0.2) is 15.3 Å². The molecule has 0 unspecified atom stereocenters. The first-order valence-corrected chi connectivity index (χ1v) is 5.74. The summed E-state index contributed by atoms with van der Waals surface area (Å²) in [7, 11) is 0. The second-order valence-electron chi connectivity index (χ2n) is 4.61. The quantitative estimate of drug-likeness (QED) is 0.674. The van der Waals surface area contributed by atoms with Crippen LogP contribution in [0.25, 0.3) is 11.1 Å². The lowest BCUT2D eigenvalue weighted by molar-refractivity contribution is 0.367. The van der Waals surface area contributed by atoms with Gasteiger partial charge in [0.15, 0.2) is 11.5 Å². The van der Waals surface area contributed by atoms with Crippen molar-refractivity contribution in [1.82, 2.24) is 0 Å². The number of phenols is 3. The predicted octanol–water partition coefficient (Wildman–Crippen LogP) is 3.40. The van der Waals surface area contributed by atoms with E-state index in [1.54, 1.807) is 13.0 Å². The Morgan fingerprint density at radius 3 is 1.94 bits per heavy atom. The van der Waals surface area contributed by atoms with Gasteiger partial charge in [0.05, 0.1) is 0 Å². The lowest BCUT2D eigenvalue weighted by Gasteiger charge is -2.13. The van der Waals surface area contributed by atoms with Gasteiger partial charge in [-0.1, -0.05) is 23.8 Å². The Morgan fingerprint density at radius 2 is 1.33 bits per heavy atom. The topological polar surface area (TPSA) is 60.7 Å². The van der Waals surface area contributed by atoms with Gasteiger partial charge in [0.1, 0.15) is 0 Å². The van der Waals surface area contributed by atoms with Gasteiger partial charge in [-0.2, -0.15) is 0 Å². The van der Waals surface area contributed by atoms with Crippen molar-refractivity contribution in [2.24, 2.45) is 0 Å². The number of benzene rings is 2. The van der Waals surface area contributed by atoms with Crippen LogP contribution in [0.15, 0.2) is 24.3 Å². The van der Waals surface area contributed by atoms with Crippen LogP contribution in [0.1, 0.15) is 16.7 Å². The molecule has 0 bridgehead atoms. The van der Waals surface area contributed by atoms with Crippen LogP contribution >= 0.6 is 0 Å². The summed E-state index contributed by atoms with van der Waals surface area (Å²) < 4.78 is 0. The molecule has 3 heteroatoms. The summed E-state index contributed by atoms with van der Waals surface area (Å²) in [4.78, 5) is 0. The molecule has 3 nitrogen and oxygen atoms in total. The van der Waals surface area contributed by atoms with Crippen molar-refractivity contribution in [3.63, 3.8) is 0 Å². The molecule has 2 aromatic rings. The highest BCUT2D eigenvalue weighted by atomic mass is 16.3. The highest BCUT2D eigenvalue weighted by Gasteiger charge is 2.16. The van der Waals surface area contributed by atoms with Crippen LogP contribution in [0.4, 0.5) is 0 Å². The van der Waals surface area contributed by atoms with Crippen molar-refractivity contribution < 1.29 is 15.3 Å². The summed E-state index contributed by atoms with van der Waals surface area (Å²) in [5.41, 5.74) is 4.04. The molecule has 2 aromatic carbocycles. The minimum atomic E-state index is -0.468. The molecule has 0 radical (unpaired) electrons. The molecule has 3 N–H and O–H groups in total. The lowest BCUT2D eigenvalue weighted by atomic mass is 9.96. The zero-order valence-corrected chi connectivity index (χ0v) is 10.7. The van der Waals surface area contributed by atoms with Crippen LogP contribution in [0, 0.1) is 20.8 Å².